The largest absolute Gasteiger partial charge is 0.468 e. The molecule has 31 heavy (non-hydrogen) atoms. The minimum absolute atomic E-state index is 0.0432. The van der Waals surface area contributed by atoms with Crippen molar-refractivity contribution in [3.05, 3.63) is 50.6 Å². The van der Waals surface area contributed by atoms with Gasteiger partial charge >= 0.3 is 5.97 Å². The summed E-state index contributed by atoms with van der Waals surface area (Å²) in [5.74, 6) is 0.367. The van der Waals surface area contributed by atoms with Crippen LogP contribution < -0.4 is 5.56 Å². The van der Waals surface area contributed by atoms with E-state index in [0.717, 1.165) is 40.7 Å². The van der Waals surface area contributed by atoms with E-state index in [1.54, 1.807) is 15.9 Å². The Balaban J connectivity index is 1.90. The predicted octanol–water partition coefficient (Wildman–Crippen LogP) is 5.17. The number of esters is 1. The highest BCUT2D eigenvalue weighted by molar-refractivity contribution is 7.99. The van der Waals surface area contributed by atoms with Gasteiger partial charge in [-0.05, 0) is 54.7 Å². The number of hydrogen-bond acceptors (Lipinski definition) is 6. The number of ether oxygens (including phenoxy) is 1. The quantitative estimate of drug-likeness (QED) is 0.308. The van der Waals surface area contributed by atoms with Crippen LogP contribution in [-0.4, -0.2) is 28.4 Å². The van der Waals surface area contributed by atoms with Gasteiger partial charge in [-0.1, -0.05) is 50.7 Å². The van der Waals surface area contributed by atoms with E-state index >= 15 is 0 Å². The first-order chi connectivity index (χ1) is 14.7. The van der Waals surface area contributed by atoms with E-state index in [-0.39, 0.29) is 22.7 Å². The van der Waals surface area contributed by atoms with Crippen LogP contribution in [0.15, 0.2) is 34.2 Å². The van der Waals surface area contributed by atoms with Gasteiger partial charge in [0.2, 0.25) is 0 Å². The first-order valence-electron chi connectivity index (χ1n) is 10.5. The molecule has 1 aliphatic carbocycles. The third kappa shape index (κ3) is 4.17. The lowest BCUT2D eigenvalue weighted by molar-refractivity contribution is -0.137. The lowest BCUT2D eigenvalue weighted by Gasteiger charge is -2.33. The molecule has 0 spiro atoms. The zero-order valence-electron chi connectivity index (χ0n) is 18.7. The summed E-state index contributed by atoms with van der Waals surface area (Å²) in [5.41, 5.74) is 3.16. The van der Waals surface area contributed by atoms with E-state index < -0.39 is 0 Å². The molecule has 0 N–H and O–H groups in total. The van der Waals surface area contributed by atoms with Gasteiger partial charge in [-0.15, -0.1) is 11.3 Å². The molecular weight excluding hydrogens is 428 g/mol. The molecule has 0 radical (unpaired) electrons. The molecule has 1 aromatic carbocycles. The maximum atomic E-state index is 13.8. The average Bonchev–Trinajstić information content (AvgIpc) is 3.10. The minimum atomic E-state index is -0.339. The molecule has 0 fully saturated rings. The number of hydrogen-bond donors (Lipinski definition) is 0. The van der Waals surface area contributed by atoms with Crippen molar-refractivity contribution in [1.29, 1.82) is 0 Å². The van der Waals surface area contributed by atoms with Crippen molar-refractivity contribution in [3.8, 4) is 5.69 Å². The highest BCUT2D eigenvalue weighted by Gasteiger charge is 2.32. The van der Waals surface area contributed by atoms with Crippen LogP contribution in [0.4, 0.5) is 0 Å². The van der Waals surface area contributed by atoms with Crippen LogP contribution in [0, 0.1) is 18.3 Å². The molecular formula is C24H28N2O3S2. The summed E-state index contributed by atoms with van der Waals surface area (Å²) < 4.78 is 6.47. The zero-order chi connectivity index (χ0) is 22.3. The maximum Gasteiger partial charge on any atom is 0.316 e. The van der Waals surface area contributed by atoms with Crippen molar-refractivity contribution >= 4 is 39.3 Å². The normalized spacial score (nSPS) is 16.4. The van der Waals surface area contributed by atoms with Crippen LogP contribution in [0.3, 0.4) is 0 Å². The number of carbonyl (C=O) groups is 1. The number of rotatable bonds is 4. The molecule has 0 aliphatic heterocycles. The van der Waals surface area contributed by atoms with Crippen LogP contribution in [0.25, 0.3) is 15.9 Å². The second kappa shape index (κ2) is 8.43. The molecule has 5 nitrogen and oxygen atoms in total. The van der Waals surface area contributed by atoms with E-state index in [1.165, 1.54) is 29.3 Å². The van der Waals surface area contributed by atoms with Gasteiger partial charge < -0.3 is 4.74 Å². The number of aryl methyl sites for hydroxylation is 2. The van der Waals surface area contributed by atoms with Crippen molar-refractivity contribution in [2.75, 3.05) is 12.9 Å². The Bertz CT molecular complexity index is 1200. The molecule has 164 valence electrons. The Morgan fingerprint density at radius 1 is 1.32 bits per heavy atom. The van der Waals surface area contributed by atoms with Gasteiger partial charge in [-0.3, -0.25) is 14.2 Å². The second-order valence-corrected chi connectivity index (χ2v) is 11.2. The summed E-state index contributed by atoms with van der Waals surface area (Å²) in [6.45, 7) is 8.86. The number of aromatic nitrogens is 2. The van der Waals surface area contributed by atoms with Crippen molar-refractivity contribution in [2.24, 2.45) is 11.3 Å². The Kier molecular flexibility index (Phi) is 6.01. The van der Waals surface area contributed by atoms with Crippen LogP contribution >= 0.6 is 23.1 Å². The molecule has 0 unspecified atom stereocenters. The molecule has 1 atom stereocenters. The summed E-state index contributed by atoms with van der Waals surface area (Å²) in [5, 5.41) is 1.28. The number of benzene rings is 1. The molecule has 2 aromatic heterocycles. The van der Waals surface area contributed by atoms with Gasteiger partial charge in [0, 0.05) is 4.88 Å². The van der Waals surface area contributed by atoms with E-state index in [1.807, 2.05) is 31.2 Å². The zero-order valence-corrected chi connectivity index (χ0v) is 20.3. The number of thioether (sulfide) groups is 1. The van der Waals surface area contributed by atoms with E-state index in [0.29, 0.717) is 11.1 Å². The summed E-state index contributed by atoms with van der Waals surface area (Å²) in [7, 11) is 1.37. The molecule has 0 saturated heterocycles. The van der Waals surface area contributed by atoms with E-state index in [9.17, 15) is 9.59 Å². The number of nitrogens with zero attached hydrogens (tertiary/aromatic N) is 2. The topological polar surface area (TPSA) is 61.2 Å². The van der Waals surface area contributed by atoms with Crippen molar-refractivity contribution in [1.82, 2.24) is 9.55 Å². The van der Waals surface area contributed by atoms with Gasteiger partial charge in [-0.2, -0.15) is 0 Å². The van der Waals surface area contributed by atoms with Gasteiger partial charge in [-0.25, -0.2) is 4.98 Å². The Hall–Kier alpha value is -2.12. The second-order valence-electron chi connectivity index (χ2n) is 9.18. The molecule has 0 saturated carbocycles. The van der Waals surface area contributed by atoms with Crippen LogP contribution in [0.1, 0.15) is 43.2 Å². The Labute approximate surface area is 190 Å². The van der Waals surface area contributed by atoms with Gasteiger partial charge in [0.25, 0.3) is 5.56 Å². The molecule has 0 amide bonds. The number of para-hydroxylation sites is 1. The standard InChI is InChI=1S/C24H28N2O3S2/c1-14-8-6-7-9-17(14)26-22(28)20-16-11-10-15(24(2,3)4)12-18(16)31-21(20)25-23(26)30-13-19(27)29-5/h6-9,15H,10-13H2,1-5H3/t15-/m1/s1. The first-order valence-corrected chi connectivity index (χ1v) is 12.3. The average molecular weight is 457 g/mol. The van der Waals surface area contributed by atoms with Gasteiger partial charge in [0.1, 0.15) is 4.83 Å². The summed E-state index contributed by atoms with van der Waals surface area (Å²) >= 11 is 2.89. The van der Waals surface area contributed by atoms with E-state index in [2.05, 4.69) is 20.8 Å². The highest BCUT2D eigenvalue weighted by Crippen LogP contribution is 2.42. The first kappa shape index (κ1) is 22.1. The van der Waals surface area contributed by atoms with Crippen molar-refractivity contribution in [3.63, 3.8) is 0 Å². The molecule has 7 heteroatoms. The fraction of sp³-hybridized carbons (Fsp3) is 0.458. The highest BCUT2D eigenvalue weighted by atomic mass is 32.2. The molecule has 0 bridgehead atoms. The van der Waals surface area contributed by atoms with Crippen LogP contribution in [0.2, 0.25) is 0 Å². The SMILES string of the molecule is COC(=O)CSc1nc2sc3c(c2c(=O)n1-c1ccccc1C)CC[C@@H](C(C)(C)C)C3. The minimum Gasteiger partial charge on any atom is -0.468 e. The van der Waals surface area contributed by atoms with E-state index in [4.69, 9.17) is 9.72 Å². The number of methoxy groups -OCH3 is 1. The third-order valence-corrected chi connectivity index (χ3v) is 8.24. The fourth-order valence-corrected chi connectivity index (χ4v) is 6.43. The lowest BCUT2D eigenvalue weighted by Crippen LogP contribution is -2.27. The van der Waals surface area contributed by atoms with Crippen LogP contribution in [-0.2, 0) is 22.4 Å². The van der Waals surface area contributed by atoms with Gasteiger partial charge in [0.05, 0.1) is 23.9 Å². The monoisotopic (exact) mass is 456 g/mol. The predicted molar refractivity (Wildman–Crippen MR) is 128 cm³/mol. The Morgan fingerprint density at radius 3 is 2.74 bits per heavy atom. The summed E-state index contributed by atoms with van der Waals surface area (Å²) in [4.78, 5) is 32.6. The molecule has 1 aliphatic rings. The maximum absolute atomic E-state index is 13.8. The fourth-order valence-electron chi connectivity index (χ4n) is 4.25. The molecule has 2 heterocycles. The van der Waals surface area contributed by atoms with Gasteiger partial charge in [0.15, 0.2) is 5.16 Å². The molecule has 3 aromatic rings. The van der Waals surface area contributed by atoms with Crippen molar-refractivity contribution in [2.45, 2.75) is 52.1 Å². The summed E-state index contributed by atoms with van der Waals surface area (Å²) in [6, 6.07) is 7.79. The number of carbonyl (C=O) groups excluding carboxylic acids is 1. The Morgan fingerprint density at radius 2 is 2.06 bits per heavy atom. The number of thiophene rings is 1. The number of fused-ring (bicyclic) bond motifs is 3. The molecule has 4 rings (SSSR count). The smallest absolute Gasteiger partial charge is 0.316 e. The third-order valence-electron chi connectivity index (χ3n) is 6.18. The lowest BCUT2D eigenvalue weighted by atomic mass is 9.72. The van der Waals surface area contributed by atoms with Crippen LogP contribution in [0.5, 0.6) is 0 Å². The van der Waals surface area contributed by atoms with Crippen molar-refractivity contribution < 1.29 is 9.53 Å². The summed E-state index contributed by atoms with van der Waals surface area (Å²) in [6.07, 6.45) is 3.00.